The third-order valence-corrected chi connectivity index (χ3v) is 3.12. The average Bonchev–Trinajstić information content (AvgIpc) is 2.73. The quantitative estimate of drug-likeness (QED) is 0.768. The molecule has 2 rings (SSSR count). The Morgan fingerprint density at radius 3 is 2.67 bits per heavy atom. The third-order valence-electron chi connectivity index (χ3n) is 2.84. The summed E-state index contributed by atoms with van der Waals surface area (Å²) in [6.07, 6.45) is 2.83. The molecule has 1 aromatic heterocycles. The molecule has 0 bridgehead atoms. The van der Waals surface area contributed by atoms with Crippen molar-refractivity contribution in [1.29, 1.82) is 0 Å². The van der Waals surface area contributed by atoms with Crippen molar-refractivity contribution in [3.8, 4) is 11.4 Å². The molecular weight excluding hydrogens is 248 g/mol. The number of carbonyl (C=O) groups excluding carboxylic acids is 1. The van der Waals surface area contributed by atoms with E-state index in [9.17, 15) is 4.79 Å². The zero-order valence-corrected chi connectivity index (χ0v) is 11.0. The van der Waals surface area contributed by atoms with Crippen molar-refractivity contribution in [2.75, 3.05) is 0 Å². The van der Waals surface area contributed by atoms with Crippen LogP contribution in [-0.4, -0.2) is 15.8 Å². The van der Waals surface area contributed by atoms with Crippen LogP contribution in [-0.2, 0) is 6.54 Å². The molecule has 0 saturated heterocycles. The van der Waals surface area contributed by atoms with Gasteiger partial charge in [0.05, 0.1) is 0 Å². The first-order valence-electron chi connectivity index (χ1n) is 6.04. The Hall–Kier alpha value is -1.61. The molecule has 0 N–H and O–H groups in total. The smallest absolute Gasteiger partial charge is 0.169 e. The van der Waals surface area contributed by atoms with Crippen molar-refractivity contribution in [1.82, 2.24) is 9.55 Å². The zero-order valence-electron chi connectivity index (χ0n) is 10.3. The van der Waals surface area contributed by atoms with Crippen LogP contribution in [0.4, 0.5) is 0 Å². The maximum Gasteiger partial charge on any atom is 0.169 e. The van der Waals surface area contributed by atoms with Crippen LogP contribution in [0.1, 0.15) is 30.3 Å². The van der Waals surface area contributed by atoms with E-state index >= 15 is 0 Å². The van der Waals surface area contributed by atoms with Gasteiger partial charge in [0.2, 0.25) is 0 Å². The number of benzene rings is 1. The number of carbonyl (C=O) groups is 1. The molecule has 1 aromatic carbocycles. The molecule has 1 heterocycles. The minimum atomic E-state index is 0.278. The first-order valence-corrected chi connectivity index (χ1v) is 6.42. The highest BCUT2D eigenvalue weighted by molar-refractivity contribution is 6.31. The molecule has 0 aliphatic rings. The standard InChI is InChI=1S/C14H15ClN2O/c1-2-3-9-17-12(10-18)13(15)16-14(17)11-7-5-4-6-8-11/h4-8,10H,2-3,9H2,1H3. The Bertz CT molecular complexity index is 534. The largest absolute Gasteiger partial charge is 0.321 e. The summed E-state index contributed by atoms with van der Waals surface area (Å²) < 4.78 is 1.90. The molecule has 0 atom stereocenters. The Labute approximate surface area is 111 Å². The first-order chi connectivity index (χ1) is 8.77. The summed E-state index contributed by atoms with van der Waals surface area (Å²) in [4.78, 5) is 15.4. The summed E-state index contributed by atoms with van der Waals surface area (Å²) in [6, 6.07) is 9.78. The van der Waals surface area contributed by atoms with Gasteiger partial charge in [-0.3, -0.25) is 4.79 Å². The zero-order chi connectivity index (χ0) is 13.0. The van der Waals surface area contributed by atoms with Gasteiger partial charge in [0.15, 0.2) is 11.4 Å². The molecule has 18 heavy (non-hydrogen) atoms. The van der Waals surface area contributed by atoms with Gasteiger partial charge in [-0.2, -0.15) is 0 Å². The van der Waals surface area contributed by atoms with E-state index in [1.807, 2.05) is 34.9 Å². The van der Waals surface area contributed by atoms with Gasteiger partial charge in [0, 0.05) is 12.1 Å². The van der Waals surface area contributed by atoms with E-state index < -0.39 is 0 Å². The average molecular weight is 263 g/mol. The van der Waals surface area contributed by atoms with E-state index in [0.717, 1.165) is 37.1 Å². The van der Waals surface area contributed by atoms with Gasteiger partial charge in [-0.25, -0.2) is 4.98 Å². The first kappa shape index (κ1) is 12.8. The van der Waals surface area contributed by atoms with Crippen molar-refractivity contribution in [2.24, 2.45) is 0 Å². The van der Waals surface area contributed by atoms with Gasteiger partial charge in [0.1, 0.15) is 11.5 Å². The molecule has 0 amide bonds. The molecule has 94 valence electrons. The lowest BCUT2D eigenvalue weighted by molar-refractivity contribution is 0.111. The summed E-state index contributed by atoms with van der Waals surface area (Å²) in [5.41, 5.74) is 1.44. The predicted molar refractivity (Wildman–Crippen MR) is 73.0 cm³/mol. The Kier molecular flexibility index (Phi) is 4.15. The van der Waals surface area contributed by atoms with Crippen LogP contribution < -0.4 is 0 Å². The predicted octanol–water partition coefficient (Wildman–Crippen LogP) is 3.82. The fourth-order valence-electron chi connectivity index (χ4n) is 1.90. The van der Waals surface area contributed by atoms with Gasteiger partial charge in [-0.1, -0.05) is 55.3 Å². The van der Waals surface area contributed by atoms with Crippen LogP contribution in [0.5, 0.6) is 0 Å². The molecule has 4 heteroatoms. The number of halogens is 1. The van der Waals surface area contributed by atoms with E-state index in [1.165, 1.54) is 0 Å². The number of rotatable bonds is 5. The molecule has 0 spiro atoms. The molecule has 2 aromatic rings. The van der Waals surface area contributed by atoms with E-state index in [4.69, 9.17) is 11.6 Å². The van der Waals surface area contributed by atoms with E-state index in [-0.39, 0.29) is 5.15 Å². The van der Waals surface area contributed by atoms with Gasteiger partial charge >= 0.3 is 0 Å². The third kappa shape index (κ3) is 2.46. The Morgan fingerprint density at radius 1 is 1.33 bits per heavy atom. The summed E-state index contributed by atoms with van der Waals surface area (Å²) in [7, 11) is 0. The second-order valence-electron chi connectivity index (χ2n) is 4.10. The molecule has 0 aliphatic heterocycles. The molecule has 0 saturated carbocycles. The molecule has 0 unspecified atom stereocenters. The van der Waals surface area contributed by atoms with Crippen molar-refractivity contribution in [3.05, 3.63) is 41.2 Å². The SMILES string of the molecule is CCCCn1c(-c2ccccc2)nc(Cl)c1C=O. The van der Waals surface area contributed by atoms with Crippen LogP contribution in [0.15, 0.2) is 30.3 Å². The molecule has 0 radical (unpaired) electrons. The number of unbranched alkanes of at least 4 members (excludes halogenated alkanes) is 1. The molecule has 0 fully saturated rings. The highest BCUT2D eigenvalue weighted by Gasteiger charge is 2.15. The van der Waals surface area contributed by atoms with Gasteiger partial charge in [0.25, 0.3) is 0 Å². The van der Waals surface area contributed by atoms with E-state index in [1.54, 1.807) is 0 Å². The normalized spacial score (nSPS) is 10.6. The number of imidazole rings is 1. The van der Waals surface area contributed by atoms with Crippen molar-refractivity contribution in [3.63, 3.8) is 0 Å². The number of hydrogen-bond acceptors (Lipinski definition) is 2. The lowest BCUT2D eigenvalue weighted by Crippen LogP contribution is -2.04. The van der Waals surface area contributed by atoms with Gasteiger partial charge in [-0.05, 0) is 6.42 Å². The number of aromatic nitrogens is 2. The second-order valence-corrected chi connectivity index (χ2v) is 4.46. The molecule has 3 nitrogen and oxygen atoms in total. The van der Waals surface area contributed by atoms with Crippen molar-refractivity contribution in [2.45, 2.75) is 26.3 Å². The van der Waals surface area contributed by atoms with Crippen molar-refractivity contribution >= 4 is 17.9 Å². The van der Waals surface area contributed by atoms with E-state index in [0.29, 0.717) is 5.69 Å². The van der Waals surface area contributed by atoms with Crippen LogP contribution in [0.2, 0.25) is 5.15 Å². The fraction of sp³-hybridized carbons (Fsp3) is 0.286. The summed E-state index contributed by atoms with van der Waals surface area (Å²) in [6.45, 7) is 2.87. The van der Waals surface area contributed by atoms with Crippen LogP contribution in [0, 0.1) is 0 Å². The van der Waals surface area contributed by atoms with Gasteiger partial charge in [-0.15, -0.1) is 0 Å². The highest BCUT2D eigenvalue weighted by atomic mass is 35.5. The second kappa shape index (κ2) is 5.83. The maximum absolute atomic E-state index is 11.1. The Balaban J connectivity index is 2.49. The maximum atomic E-state index is 11.1. The summed E-state index contributed by atoms with van der Waals surface area (Å²) in [5, 5.41) is 0.278. The van der Waals surface area contributed by atoms with E-state index in [2.05, 4.69) is 11.9 Å². The lowest BCUT2D eigenvalue weighted by Gasteiger charge is -2.08. The Morgan fingerprint density at radius 2 is 2.06 bits per heavy atom. The monoisotopic (exact) mass is 262 g/mol. The number of nitrogens with zero attached hydrogens (tertiary/aromatic N) is 2. The topological polar surface area (TPSA) is 34.9 Å². The highest BCUT2D eigenvalue weighted by Crippen LogP contribution is 2.25. The van der Waals surface area contributed by atoms with Crippen LogP contribution >= 0.6 is 11.6 Å². The molecular formula is C14H15ClN2O. The van der Waals surface area contributed by atoms with Crippen molar-refractivity contribution < 1.29 is 4.79 Å². The number of hydrogen-bond donors (Lipinski definition) is 0. The van der Waals surface area contributed by atoms with Crippen LogP contribution in [0.3, 0.4) is 0 Å². The molecule has 0 aliphatic carbocycles. The number of aldehydes is 1. The van der Waals surface area contributed by atoms with Gasteiger partial charge < -0.3 is 4.57 Å². The summed E-state index contributed by atoms with van der Waals surface area (Å²) >= 11 is 6.02. The lowest BCUT2D eigenvalue weighted by atomic mass is 10.2. The fourth-order valence-corrected chi connectivity index (χ4v) is 2.13. The van der Waals surface area contributed by atoms with Crippen LogP contribution in [0.25, 0.3) is 11.4 Å². The minimum Gasteiger partial charge on any atom is -0.321 e. The minimum absolute atomic E-state index is 0.278. The summed E-state index contributed by atoms with van der Waals surface area (Å²) in [5.74, 6) is 0.760.